The van der Waals surface area contributed by atoms with E-state index in [-0.39, 0.29) is 30.6 Å². The van der Waals surface area contributed by atoms with Crippen LogP contribution in [0, 0.1) is 10.1 Å². The lowest BCUT2D eigenvalue weighted by molar-refractivity contribution is -0.384. The second kappa shape index (κ2) is 7.68. The molecule has 1 aliphatic rings. The molecule has 10 heteroatoms. The van der Waals surface area contributed by atoms with E-state index in [1.165, 1.54) is 0 Å². The van der Waals surface area contributed by atoms with Gasteiger partial charge in [-0.3, -0.25) is 14.9 Å². The summed E-state index contributed by atoms with van der Waals surface area (Å²) in [6, 6.07) is 2.33. The quantitative estimate of drug-likeness (QED) is 0.621. The van der Waals surface area contributed by atoms with Crippen molar-refractivity contribution in [1.29, 1.82) is 0 Å². The Balaban J connectivity index is 2.00. The second-order valence-electron chi connectivity index (χ2n) is 5.80. The molecule has 0 aliphatic carbocycles. The number of nitro benzene ring substituents is 1. The van der Waals surface area contributed by atoms with Gasteiger partial charge in [0.05, 0.1) is 10.5 Å². The van der Waals surface area contributed by atoms with Crippen LogP contribution in [0.1, 0.15) is 18.9 Å². The van der Waals surface area contributed by atoms with Crippen LogP contribution in [0.15, 0.2) is 18.2 Å². The van der Waals surface area contributed by atoms with Crippen LogP contribution in [0.2, 0.25) is 0 Å². The smallest absolute Gasteiger partial charge is 0.379 e. The third-order valence-electron chi connectivity index (χ3n) is 4.00. The summed E-state index contributed by atoms with van der Waals surface area (Å²) in [5.41, 5.74) is -1.80. The third kappa shape index (κ3) is 4.81. The summed E-state index contributed by atoms with van der Waals surface area (Å²) < 4.78 is 38.0. The molecular weight excluding hydrogens is 341 g/mol. The summed E-state index contributed by atoms with van der Waals surface area (Å²) in [6.07, 6.45) is -4.56. The molecule has 1 saturated heterocycles. The third-order valence-corrected chi connectivity index (χ3v) is 4.00. The standard InChI is InChI=1S/C15H19F3N4O3/c1-10-9-19-6-7-21(10)14(23)4-5-20-12-3-2-11(15(16,17)18)8-13(12)22(24)25/h2-3,8,10,19-20H,4-7,9H2,1H3/t10-/m1/s1. The molecule has 1 amide bonds. The van der Waals surface area contributed by atoms with E-state index >= 15 is 0 Å². The van der Waals surface area contributed by atoms with Gasteiger partial charge >= 0.3 is 6.18 Å². The van der Waals surface area contributed by atoms with E-state index in [0.29, 0.717) is 25.7 Å². The van der Waals surface area contributed by atoms with Crippen LogP contribution in [-0.4, -0.2) is 48.0 Å². The van der Waals surface area contributed by atoms with Crippen molar-refractivity contribution in [2.24, 2.45) is 0 Å². The summed E-state index contributed by atoms with van der Waals surface area (Å²) in [7, 11) is 0. The summed E-state index contributed by atoms with van der Waals surface area (Å²) >= 11 is 0. The van der Waals surface area contributed by atoms with Crippen molar-refractivity contribution in [2.75, 3.05) is 31.5 Å². The second-order valence-corrected chi connectivity index (χ2v) is 5.80. The van der Waals surface area contributed by atoms with Gasteiger partial charge in [-0.15, -0.1) is 0 Å². The Morgan fingerprint density at radius 3 is 2.80 bits per heavy atom. The predicted octanol–water partition coefficient (Wildman–Crippen LogP) is 2.24. The van der Waals surface area contributed by atoms with E-state index in [9.17, 15) is 28.1 Å². The van der Waals surface area contributed by atoms with Crippen LogP contribution in [-0.2, 0) is 11.0 Å². The topological polar surface area (TPSA) is 87.5 Å². The van der Waals surface area contributed by atoms with Crippen LogP contribution in [0.25, 0.3) is 0 Å². The van der Waals surface area contributed by atoms with E-state index < -0.39 is 22.4 Å². The van der Waals surface area contributed by atoms with Crippen LogP contribution in [0.3, 0.4) is 0 Å². The highest BCUT2D eigenvalue weighted by Crippen LogP contribution is 2.34. The van der Waals surface area contributed by atoms with Gasteiger partial charge in [0.1, 0.15) is 5.69 Å². The summed E-state index contributed by atoms with van der Waals surface area (Å²) in [4.78, 5) is 24.0. The lowest BCUT2D eigenvalue weighted by atomic mass is 10.1. The van der Waals surface area contributed by atoms with Gasteiger partial charge in [-0.05, 0) is 19.1 Å². The first-order valence-electron chi connectivity index (χ1n) is 7.80. The van der Waals surface area contributed by atoms with Crippen molar-refractivity contribution in [2.45, 2.75) is 25.6 Å². The zero-order chi connectivity index (χ0) is 18.6. The number of anilines is 1. The predicted molar refractivity (Wildman–Crippen MR) is 85.2 cm³/mol. The Kier molecular flexibility index (Phi) is 5.83. The van der Waals surface area contributed by atoms with Gasteiger partial charge in [0, 0.05) is 44.7 Å². The Morgan fingerprint density at radius 2 is 2.20 bits per heavy atom. The van der Waals surface area contributed by atoms with Crippen LogP contribution >= 0.6 is 0 Å². The molecule has 7 nitrogen and oxygen atoms in total. The lowest BCUT2D eigenvalue weighted by Crippen LogP contribution is -2.52. The first-order chi connectivity index (χ1) is 11.7. The number of nitrogens with zero attached hydrogens (tertiary/aromatic N) is 2. The molecule has 0 unspecified atom stereocenters. The Bertz CT molecular complexity index is 651. The number of carbonyl (C=O) groups excluding carboxylic acids is 1. The minimum Gasteiger partial charge on any atom is -0.379 e. The largest absolute Gasteiger partial charge is 0.416 e. The number of rotatable bonds is 5. The van der Waals surface area contributed by atoms with E-state index in [1.807, 2.05) is 6.92 Å². The van der Waals surface area contributed by atoms with Crippen molar-refractivity contribution >= 4 is 17.3 Å². The highest BCUT2D eigenvalue weighted by atomic mass is 19.4. The molecule has 2 N–H and O–H groups in total. The van der Waals surface area contributed by atoms with E-state index in [2.05, 4.69) is 10.6 Å². The minimum atomic E-state index is -4.66. The average Bonchev–Trinajstić information content (AvgIpc) is 2.54. The summed E-state index contributed by atoms with van der Waals surface area (Å²) in [5, 5.41) is 16.9. The van der Waals surface area contributed by atoms with E-state index in [0.717, 1.165) is 12.1 Å². The zero-order valence-electron chi connectivity index (χ0n) is 13.6. The Hall–Kier alpha value is -2.36. The maximum atomic E-state index is 12.7. The Morgan fingerprint density at radius 1 is 1.48 bits per heavy atom. The first-order valence-corrected chi connectivity index (χ1v) is 7.80. The lowest BCUT2D eigenvalue weighted by Gasteiger charge is -2.34. The molecule has 0 bridgehead atoms. The number of alkyl halides is 3. The number of nitro groups is 1. The molecule has 138 valence electrons. The molecule has 0 aromatic heterocycles. The zero-order valence-corrected chi connectivity index (χ0v) is 13.6. The van der Waals surface area contributed by atoms with Crippen molar-refractivity contribution in [3.63, 3.8) is 0 Å². The van der Waals surface area contributed by atoms with Gasteiger partial charge in [-0.1, -0.05) is 0 Å². The molecule has 1 aromatic rings. The van der Waals surface area contributed by atoms with Gasteiger partial charge in [-0.25, -0.2) is 0 Å². The van der Waals surface area contributed by atoms with E-state index in [1.54, 1.807) is 4.90 Å². The average molecular weight is 360 g/mol. The van der Waals surface area contributed by atoms with Crippen LogP contribution < -0.4 is 10.6 Å². The number of amides is 1. The van der Waals surface area contributed by atoms with Crippen molar-refractivity contribution < 1.29 is 22.9 Å². The van der Waals surface area contributed by atoms with Crippen LogP contribution in [0.5, 0.6) is 0 Å². The van der Waals surface area contributed by atoms with Gasteiger partial charge in [0.25, 0.3) is 5.69 Å². The molecule has 0 spiro atoms. The highest BCUT2D eigenvalue weighted by molar-refractivity contribution is 5.77. The van der Waals surface area contributed by atoms with Crippen molar-refractivity contribution in [3.8, 4) is 0 Å². The highest BCUT2D eigenvalue weighted by Gasteiger charge is 2.33. The molecule has 2 rings (SSSR count). The van der Waals surface area contributed by atoms with E-state index in [4.69, 9.17) is 0 Å². The molecule has 0 radical (unpaired) electrons. The number of nitrogens with one attached hydrogen (secondary N) is 2. The molecule has 1 atom stereocenters. The number of carbonyl (C=O) groups is 1. The molecule has 0 saturated carbocycles. The number of hydrogen-bond donors (Lipinski definition) is 2. The molecule has 1 aromatic carbocycles. The molecule has 1 aliphatic heterocycles. The molecule has 1 heterocycles. The molecule has 1 fully saturated rings. The fraction of sp³-hybridized carbons (Fsp3) is 0.533. The minimum absolute atomic E-state index is 0.0424. The van der Waals surface area contributed by atoms with Gasteiger partial charge in [0.15, 0.2) is 0 Å². The number of piperazine rings is 1. The molecule has 25 heavy (non-hydrogen) atoms. The van der Waals surface area contributed by atoms with Gasteiger partial charge in [0.2, 0.25) is 5.91 Å². The Labute approximate surface area is 142 Å². The normalized spacial score (nSPS) is 18.1. The van der Waals surface area contributed by atoms with Gasteiger partial charge in [-0.2, -0.15) is 13.2 Å². The SMILES string of the molecule is C[C@@H]1CNCCN1C(=O)CCNc1ccc(C(F)(F)F)cc1[N+](=O)[O-]. The fourth-order valence-corrected chi connectivity index (χ4v) is 2.67. The maximum Gasteiger partial charge on any atom is 0.416 e. The monoisotopic (exact) mass is 360 g/mol. The van der Waals surface area contributed by atoms with Crippen LogP contribution in [0.4, 0.5) is 24.5 Å². The maximum absolute atomic E-state index is 12.7. The van der Waals surface area contributed by atoms with Gasteiger partial charge < -0.3 is 15.5 Å². The first kappa shape index (κ1) is 19.0. The van der Waals surface area contributed by atoms with Crippen molar-refractivity contribution in [3.05, 3.63) is 33.9 Å². The number of halogens is 3. The molecular formula is C15H19F3N4O3. The summed E-state index contributed by atoms with van der Waals surface area (Å²) in [5.74, 6) is -0.101. The van der Waals surface area contributed by atoms with Crippen molar-refractivity contribution in [1.82, 2.24) is 10.2 Å². The number of benzene rings is 1. The number of hydrogen-bond acceptors (Lipinski definition) is 5. The fourth-order valence-electron chi connectivity index (χ4n) is 2.67. The summed E-state index contributed by atoms with van der Waals surface area (Å²) in [6.45, 7) is 4.00.